The second kappa shape index (κ2) is 5.99. The summed E-state index contributed by atoms with van der Waals surface area (Å²) < 4.78 is 0. The van der Waals surface area contributed by atoms with Crippen molar-refractivity contribution in [2.75, 3.05) is 4.90 Å². The van der Waals surface area contributed by atoms with E-state index in [1.54, 1.807) is 0 Å². The molecule has 0 atom stereocenters. The van der Waals surface area contributed by atoms with E-state index in [4.69, 9.17) is 0 Å². The first-order chi connectivity index (χ1) is 11.2. The normalized spacial score (nSPS) is 12.7. The molecule has 0 saturated carbocycles. The zero-order valence-electron chi connectivity index (χ0n) is 13.2. The summed E-state index contributed by atoms with van der Waals surface area (Å²) >= 11 is 0. The summed E-state index contributed by atoms with van der Waals surface area (Å²) in [7, 11) is 0. The SMILES string of the molecule is CC(C)c1cccc(N2Cc3ccccc3C2=C(C#N)C#N)c1. The molecule has 0 unspecified atom stereocenters. The van der Waals surface area contributed by atoms with Crippen molar-refractivity contribution in [1.29, 1.82) is 10.5 Å². The van der Waals surface area contributed by atoms with Crippen LogP contribution in [0.5, 0.6) is 0 Å². The predicted octanol–water partition coefficient (Wildman–Crippen LogP) is 4.59. The lowest BCUT2D eigenvalue weighted by molar-refractivity contribution is 0.864. The number of benzene rings is 2. The van der Waals surface area contributed by atoms with Gasteiger partial charge in [-0.2, -0.15) is 10.5 Å². The highest BCUT2D eigenvalue weighted by Gasteiger charge is 2.28. The van der Waals surface area contributed by atoms with Gasteiger partial charge in [-0.3, -0.25) is 0 Å². The van der Waals surface area contributed by atoms with Gasteiger partial charge < -0.3 is 4.90 Å². The lowest BCUT2D eigenvalue weighted by Gasteiger charge is -2.22. The van der Waals surface area contributed by atoms with Crippen LogP contribution in [0.2, 0.25) is 0 Å². The Hall–Kier alpha value is -3.04. The summed E-state index contributed by atoms with van der Waals surface area (Å²) in [4.78, 5) is 2.07. The molecule has 3 nitrogen and oxygen atoms in total. The number of hydrogen-bond acceptors (Lipinski definition) is 3. The zero-order chi connectivity index (χ0) is 16.4. The van der Waals surface area contributed by atoms with Gasteiger partial charge in [-0.05, 0) is 29.2 Å². The minimum absolute atomic E-state index is 0.157. The van der Waals surface area contributed by atoms with E-state index in [1.165, 1.54) is 5.56 Å². The fourth-order valence-electron chi connectivity index (χ4n) is 2.96. The topological polar surface area (TPSA) is 50.8 Å². The molecule has 3 rings (SSSR count). The Kier molecular flexibility index (Phi) is 3.87. The van der Waals surface area contributed by atoms with Gasteiger partial charge in [0.2, 0.25) is 0 Å². The van der Waals surface area contributed by atoms with Gasteiger partial charge in [0, 0.05) is 17.8 Å². The standard InChI is InChI=1S/C20H17N3/c1-14(2)15-7-5-8-18(10-15)23-13-16-6-3-4-9-19(16)20(23)17(11-21)12-22/h3-10,14H,13H2,1-2H3. The summed E-state index contributed by atoms with van der Waals surface area (Å²) in [5.74, 6) is 0.429. The second-order valence-corrected chi connectivity index (χ2v) is 5.94. The maximum atomic E-state index is 9.36. The third kappa shape index (κ3) is 2.58. The molecule has 2 aromatic rings. The average Bonchev–Trinajstić information content (AvgIpc) is 2.96. The fourth-order valence-corrected chi connectivity index (χ4v) is 2.96. The maximum absolute atomic E-state index is 9.36. The molecule has 112 valence electrons. The minimum Gasteiger partial charge on any atom is -0.335 e. The van der Waals surface area contributed by atoms with E-state index in [0.29, 0.717) is 18.2 Å². The maximum Gasteiger partial charge on any atom is 0.153 e. The van der Waals surface area contributed by atoms with Crippen LogP contribution >= 0.6 is 0 Å². The third-order valence-corrected chi connectivity index (χ3v) is 4.18. The minimum atomic E-state index is 0.157. The molecule has 0 N–H and O–H groups in total. The molecule has 2 aromatic carbocycles. The second-order valence-electron chi connectivity index (χ2n) is 5.94. The molecule has 1 heterocycles. The van der Waals surface area contributed by atoms with E-state index in [9.17, 15) is 10.5 Å². The van der Waals surface area contributed by atoms with Crippen LogP contribution in [0.1, 0.15) is 36.5 Å². The Bertz CT molecular complexity index is 847. The molecule has 0 aromatic heterocycles. The monoisotopic (exact) mass is 299 g/mol. The number of fused-ring (bicyclic) bond motifs is 1. The smallest absolute Gasteiger partial charge is 0.153 e. The molecular weight excluding hydrogens is 282 g/mol. The quantitative estimate of drug-likeness (QED) is 0.762. The molecule has 0 saturated heterocycles. The number of hydrogen-bond donors (Lipinski definition) is 0. The van der Waals surface area contributed by atoms with E-state index in [-0.39, 0.29) is 5.57 Å². The van der Waals surface area contributed by atoms with Crippen LogP contribution in [0.25, 0.3) is 5.70 Å². The molecule has 1 aliphatic heterocycles. The van der Waals surface area contributed by atoms with E-state index < -0.39 is 0 Å². The van der Waals surface area contributed by atoms with Crippen molar-refractivity contribution in [1.82, 2.24) is 0 Å². The number of anilines is 1. The molecule has 0 fully saturated rings. The zero-order valence-corrected chi connectivity index (χ0v) is 13.2. The van der Waals surface area contributed by atoms with Crippen molar-refractivity contribution in [3.63, 3.8) is 0 Å². The van der Waals surface area contributed by atoms with Crippen LogP contribution in [0.3, 0.4) is 0 Å². The highest BCUT2D eigenvalue weighted by Crippen LogP contribution is 2.39. The fraction of sp³-hybridized carbons (Fsp3) is 0.200. The molecule has 3 heteroatoms. The van der Waals surface area contributed by atoms with Crippen LogP contribution in [0.4, 0.5) is 5.69 Å². The first-order valence-electron chi connectivity index (χ1n) is 7.66. The Balaban J connectivity index is 2.18. The summed E-state index contributed by atoms with van der Waals surface area (Å²) in [5, 5.41) is 18.7. The van der Waals surface area contributed by atoms with Crippen molar-refractivity contribution >= 4 is 11.4 Å². The van der Waals surface area contributed by atoms with Gasteiger partial charge >= 0.3 is 0 Å². The van der Waals surface area contributed by atoms with Crippen molar-refractivity contribution in [3.05, 3.63) is 70.8 Å². The van der Waals surface area contributed by atoms with Crippen molar-refractivity contribution in [3.8, 4) is 12.1 Å². The van der Waals surface area contributed by atoms with Gasteiger partial charge in [0.1, 0.15) is 12.1 Å². The van der Waals surface area contributed by atoms with Crippen molar-refractivity contribution in [2.24, 2.45) is 0 Å². The van der Waals surface area contributed by atoms with Gasteiger partial charge in [0.05, 0.1) is 5.70 Å². The largest absolute Gasteiger partial charge is 0.335 e. The lowest BCUT2D eigenvalue weighted by atomic mass is 10.0. The third-order valence-electron chi connectivity index (χ3n) is 4.18. The summed E-state index contributed by atoms with van der Waals surface area (Å²) in [6.45, 7) is 5.00. The van der Waals surface area contributed by atoms with Gasteiger partial charge in [0.15, 0.2) is 5.57 Å². The molecule has 0 bridgehead atoms. The van der Waals surface area contributed by atoms with Crippen LogP contribution < -0.4 is 4.90 Å². The molecule has 1 aliphatic rings. The van der Waals surface area contributed by atoms with Crippen molar-refractivity contribution in [2.45, 2.75) is 26.3 Å². The average molecular weight is 299 g/mol. The number of nitrogens with zero attached hydrogens (tertiary/aromatic N) is 3. The highest BCUT2D eigenvalue weighted by molar-refractivity contribution is 5.90. The van der Waals surface area contributed by atoms with Crippen LogP contribution in [-0.2, 0) is 6.54 Å². The van der Waals surface area contributed by atoms with Gasteiger partial charge in [0.25, 0.3) is 0 Å². The molecule has 23 heavy (non-hydrogen) atoms. The molecule has 0 aliphatic carbocycles. The van der Waals surface area contributed by atoms with Gasteiger partial charge in [-0.15, -0.1) is 0 Å². The van der Waals surface area contributed by atoms with Crippen molar-refractivity contribution < 1.29 is 0 Å². The Labute approximate surface area is 136 Å². The number of nitriles is 2. The summed E-state index contributed by atoms with van der Waals surface area (Å²) in [6, 6.07) is 20.4. The van der Waals surface area contributed by atoms with E-state index in [0.717, 1.165) is 16.8 Å². The van der Waals surface area contributed by atoms with E-state index in [1.807, 2.05) is 48.5 Å². The van der Waals surface area contributed by atoms with E-state index in [2.05, 4.69) is 30.9 Å². The molecular formula is C20H17N3. The predicted molar refractivity (Wildman–Crippen MR) is 91.3 cm³/mol. The lowest BCUT2D eigenvalue weighted by Crippen LogP contribution is -2.15. The number of rotatable bonds is 2. The van der Waals surface area contributed by atoms with Gasteiger partial charge in [-0.1, -0.05) is 50.2 Å². The molecule has 0 radical (unpaired) electrons. The molecule has 0 amide bonds. The van der Waals surface area contributed by atoms with Crippen LogP contribution in [-0.4, -0.2) is 0 Å². The Morgan fingerprint density at radius 1 is 1.04 bits per heavy atom. The Morgan fingerprint density at radius 2 is 1.78 bits per heavy atom. The Morgan fingerprint density at radius 3 is 2.48 bits per heavy atom. The van der Waals surface area contributed by atoms with E-state index >= 15 is 0 Å². The summed E-state index contributed by atoms with van der Waals surface area (Å²) in [6.07, 6.45) is 0. The molecule has 0 spiro atoms. The highest BCUT2D eigenvalue weighted by atomic mass is 15.2. The first kappa shape index (κ1) is 14.9. The number of allylic oxidation sites excluding steroid dienone is 1. The van der Waals surface area contributed by atoms with Crippen LogP contribution in [0.15, 0.2) is 54.1 Å². The first-order valence-corrected chi connectivity index (χ1v) is 7.66. The summed E-state index contributed by atoms with van der Waals surface area (Å²) in [5.41, 5.74) is 5.25. The van der Waals surface area contributed by atoms with Crippen LogP contribution in [0, 0.1) is 22.7 Å². The van der Waals surface area contributed by atoms with Gasteiger partial charge in [-0.25, -0.2) is 0 Å².